The molecule has 1 atom stereocenters. The second-order valence-corrected chi connectivity index (χ2v) is 5.57. The van der Waals surface area contributed by atoms with Crippen molar-refractivity contribution in [2.24, 2.45) is 0 Å². The van der Waals surface area contributed by atoms with E-state index in [4.69, 9.17) is 20.9 Å². The van der Waals surface area contributed by atoms with E-state index >= 15 is 0 Å². The minimum Gasteiger partial charge on any atom is -0.454 e. The van der Waals surface area contributed by atoms with E-state index in [0.717, 1.165) is 10.9 Å². The summed E-state index contributed by atoms with van der Waals surface area (Å²) in [4.78, 5) is 4.31. The molecule has 0 amide bonds. The molecule has 2 N–H and O–H groups in total. The Kier molecular flexibility index (Phi) is 4.24. The standard InChI is InChI=1S/C15H11ClN2O3S/c16-13-8-11(18-22(19)20)5-6-15(13)21-12-7-10-3-1-2-4-14(10)17-9-12/h1-9,18H,(H,19,20). The molecule has 0 bridgehead atoms. The molecule has 1 heterocycles. The third-order valence-electron chi connectivity index (χ3n) is 2.93. The van der Waals surface area contributed by atoms with Gasteiger partial charge in [0.1, 0.15) is 11.5 Å². The number of hydrogen-bond acceptors (Lipinski definition) is 3. The molecule has 1 aromatic heterocycles. The number of nitrogens with zero attached hydrogens (tertiary/aromatic N) is 1. The lowest BCUT2D eigenvalue weighted by molar-refractivity contribution is 0.481. The van der Waals surface area contributed by atoms with E-state index in [1.165, 1.54) is 6.07 Å². The Labute approximate surface area is 134 Å². The maximum absolute atomic E-state index is 10.7. The fourth-order valence-corrected chi connectivity index (χ4v) is 2.53. The van der Waals surface area contributed by atoms with Gasteiger partial charge in [-0.25, -0.2) is 4.21 Å². The summed E-state index contributed by atoms with van der Waals surface area (Å²) >= 11 is 3.97. The predicted octanol–water partition coefficient (Wildman–Crippen LogP) is 4.23. The highest BCUT2D eigenvalue weighted by Crippen LogP contribution is 2.32. The van der Waals surface area contributed by atoms with Crippen LogP contribution in [0.4, 0.5) is 5.69 Å². The number of anilines is 1. The van der Waals surface area contributed by atoms with E-state index in [1.54, 1.807) is 18.3 Å². The zero-order valence-electron chi connectivity index (χ0n) is 11.2. The van der Waals surface area contributed by atoms with Crippen molar-refractivity contribution in [3.05, 3.63) is 59.8 Å². The second-order valence-electron chi connectivity index (χ2n) is 4.46. The molecular formula is C15H11ClN2O3S. The number of rotatable bonds is 4. The van der Waals surface area contributed by atoms with Crippen LogP contribution in [0.5, 0.6) is 11.5 Å². The normalized spacial score (nSPS) is 12.1. The van der Waals surface area contributed by atoms with Crippen molar-refractivity contribution in [2.45, 2.75) is 0 Å². The zero-order chi connectivity index (χ0) is 15.5. The molecule has 112 valence electrons. The Bertz CT molecular complexity index is 857. The summed E-state index contributed by atoms with van der Waals surface area (Å²) in [6, 6.07) is 14.3. The lowest BCUT2D eigenvalue weighted by atomic mass is 10.2. The van der Waals surface area contributed by atoms with Gasteiger partial charge < -0.3 is 4.74 Å². The number of fused-ring (bicyclic) bond motifs is 1. The lowest BCUT2D eigenvalue weighted by Gasteiger charge is -2.09. The number of pyridine rings is 1. The van der Waals surface area contributed by atoms with Gasteiger partial charge in [-0.15, -0.1) is 0 Å². The highest BCUT2D eigenvalue weighted by Gasteiger charge is 2.07. The molecule has 5 nitrogen and oxygen atoms in total. The van der Waals surface area contributed by atoms with Crippen LogP contribution in [0.1, 0.15) is 0 Å². The molecule has 0 radical (unpaired) electrons. The highest BCUT2D eigenvalue weighted by molar-refractivity contribution is 7.80. The monoisotopic (exact) mass is 334 g/mol. The van der Waals surface area contributed by atoms with Gasteiger partial charge in [0.15, 0.2) is 0 Å². The van der Waals surface area contributed by atoms with E-state index in [-0.39, 0.29) is 0 Å². The molecule has 0 saturated heterocycles. The third kappa shape index (κ3) is 3.36. The quantitative estimate of drug-likeness (QED) is 0.700. The van der Waals surface area contributed by atoms with Gasteiger partial charge in [0.05, 0.1) is 22.4 Å². The van der Waals surface area contributed by atoms with Gasteiger partial charge in [-0.1, -0.05) is 29.8 Å². The van der Waals surface area contributed by atoms with Crippen LogP contribution in [0, 0.1) is 0 Å². The fraction of sp³-hybridized carbons (Fsp3) is 0. The number of aromatic nitrogens is 1. The van der Waals surface area contributed by atoms with E-state index in [2.05, 4.69) is 9.71 Å². The Balaban J connectivity index is 1.86. The van der Waals surface area contributed by atoms with Gasteiger partial charge in [0, 0.05) is 5.39 Å². The van der Waals surface area contributed by atoms with Crippen molar-refractivity contribution in [1.82, 2.24) is 4.98 Å². The van der Waals surface area contributed by atoms with Crippen LogP contribution in [0.15, 0.2) is 54.7 Å². The molecule has 0 aliphatic carbocycles. The Morgan fingerprint density at radius 3 is 2.77 bits per heavy atom. The van der Waals surface area contributed by atoms with Gasteiger partial charge in [0.25, 0.3) is 11.3 Å². The van der Waals surface area contributed by atoms with E-state index in [0.29, 0.717) is 22.2 Å². The van der Waals surface area contributed by atoms with Crippen LogP contribution in [0.3, 0.4) is 0 Å². The summed E-state index contributed by atoms with van der Waals surface area (Å²) in [7, 11) is 0. The van der Waals surface area contributed by atoms with Crippen LogP contribution >= 0.6 is 11.6 Å². The first-order valence-corrected chi connectivity index (χ1v) is 7.80. The Morgan fingerprint density at radius 2 is 2.00 bits per heavy atom. The molecular weight excluding hydrogens is 324 g/mol. The minimum atomic E-state index is -2.14. The first-order valence-electron chi connectivity index (χ1n) is 6.31. The first kappa shape index (κ1) is 14.8. The topological polar surface area (TPSA) is 71.5 Å². The Morgan fingerprint density at radius 1 is 1.18 bits per heavy atom. The van der Waals surface area contributed by atoms with Gasteiger partial charge in [-0.05, 0) is 30.3 Å². The molecule has 1 unspecified atom stereocenters. The molecule has 7 heteroatoms. The molecule has 3 aromatic rings. The predicted molar refractivity (Wildman–Crippen MR) is 87.7 cm³/mol. The van der Waals surface area contributed by atoms with Crippen LogP contribution < -0.4 is 9.46 Å². The summed E-state index contributed by atoms with van der Waals surface area (Å²) in [6.07, 6.45) is 1.62. The number of para-hydroxylation sites is 1. The summed E-state index contributed by atoms with van der Waals surface area (Å²) in [5.41, 5.74) is 1.31. The van der Waals surface area contributed by atoms with Crippen molar-refractivity contribution in [3.8, 4) is 11.5 Å². The summed E-state index contributed by atoms with van der Waals surface area (Å²) < 4.78 is 27.5. The number of nitrogens with one attached hydrogen (secondary N) is 1. The smallest absolute Gasteiger partial charge is 0.259 e. The zero-order valence-corrected chi connectivity index (χ0v) is 12.8. The number of halogens is 1. The van der Waals surface area contributed by atoms with Crippen LogP contribution in [-0.4, -0.2) is 13.7 Å². The van der Waals surface area contributed by atoms with Gasteiger partial charge in [-0.3, -0.25) is 14.3 Å². The molecule has 0 aliphatic heterocycles. The minimum absolute atomic E-state index is 0.323. The van der Waals surface area contributed by atoms with Crippen LogP contribution in [0.25, 0.3) is 10.9 Å². The van der Waals surface area contributed by atoms with E-state index in [1.807, 2.05) is 30.3 Å². The maximum atomic E-state index is 10.7. The van der Waals surface area contributed by atoms with Crippen LogP contribution in [-0.2, 0) is 11.3 Å². The largest absolute Gasteiger partial charge is 0.454 e. The van der Waals surface area contributed by atoms with E-state index < -0.39 is 11.3 Å². The lowest BCUT2D eigenvalue weighted by Crippen LogP contribution is -2.01. The van der Waals surface area contributed by atoms with Crippen molar-refractivity contribution in [3.63, 3.8) is 0 Å². The molecule has 3 rings (SSSR count). The van der Waals surface area contributed by atoms with Crippen molar-refractivity contribution < 1.29 is 13.5 Å². The average Bonchev–Trinajstić information content (AvgIpc) is 2.49. The van der Waals surface area contributed by atoms with Gasteiger partial charge >= 0.3 is 0 Å². The fourth-order valence-electron chi connectivity index (χ4n) is 1.98. The maximum Gasteiger partial charge on any atom is 0.259 e. The van der Waals surface area contributed by atoms with Crippen LogP contribution in [0.2, 0.25) is 5.02 Å². The number of benzene rings is 2. The molecule has 22 heavy (non-hydrogen) atoms. The van der Waals surface area contributed by atoms with Crippen molar-refractivity contribution in [1.29, 1.82) is 0 Å². The Hall–Kier alpha value is -2.15. The SMILES string of the molecule is O=S(O)Nc1ccc(Oc2cnc3ccccc3c2)c(Cl)c1. The van der Waals surface area contributed by atoms with Gasteiger partial charge in [0.2, 0.25) is 0 Å². The molecule has 0 aliphatic rings. The molecule has 0 spiro atoms. The molecule has 0 saturated carbocycles. The van der Waals surface area contributed by atoms with Gasteiger partial charge in [-0.2, -0.15) is 0 Å². The third-order valence-corrected chi connectivity index (χ3v) is 3.64. The number of hydrogen-bond donors (Lipinski definition) is 2. The average molecular weight is 335 g/mol. The number of ether oxygens (including phenoxy) is 1. The van der Waals surface area contributed by atoms with E-state index in [9.17, 15) is 4.21 Å². The summed E-state index contributed by atoms with van der Waals surface area (Å²) in [5.74, 6) is 1.00. The molecule has 2 aromatic carbocycles. The van der Waals surface area contributed by atoms with Crippen molar-refractivity contribution in [2.75, 3.05) is 4.72 Å². The highest BCUT2D eigenvalue weighted by atomic mass is 35.5. The summed E-state index contributed by atoms with van der Waals surface area (Å²) in [6.45, 7) is 0. The van der Waals surface area contributed by atoms with Crippen molar-refractivity contribution >= 4 is 39.5 Å². The molecule has 0 fully saturated rings. The first-order chi connectivity index (χ1) is 10.6. The second kappa shape index (κ2) is 6.31. The summed E-state index contributed by atoms with van der Waals surface area (Å²) in [5, 5.41) is 1.29.